The van der Waals surface area contributed by atoms with Gasteiger partial charge in [-0.3, -0.25) is 0 Å². The number of nitrogens with zero attached hydrogens (tertiary/aromatic N) is 1. The molecule has 0 bridgehead atoms. The van der Waals surface area contributed by atoms with Crippen LogP contribution >= 0.6 is 27.3 Å². The highest BCUT2D eigenvalue weighted by Gasteiger charge is 2.07. The van der Waals surface area contributed by atoms with Crippen LogP contribution in [0.25, 0.3) is 10.2 Å². The van der Waals surface area contributed by atoms with Gasteiger partial charge < -0.3 is 5.32 Å². The maximum atomic E-state index is 13.5. The highest BCUT2D eigenvalue weighted by atomic mass is 79.9. The molecule has 3 aromatic rings. The Labute approximate surface area is 126 Å². The number of rotatable bonds is 3. The summed E-state index contributed by atoms with van der Waals surface area (Å²) in [5, 5.41) is 3.71. The number of fused-ring (bicyclic) bond motifs is 1. The van der Waals surface area contributed by atoms with Crippen LogP contribution in [0.1, 0.15) is 5.56 Å². The molecule has 0 radical (unpaired) electrons. The number of hydrogen-bond donors (Lipinski definition) is 1. The molecule has 3 rings (SSSR count). The first-order valence-corrected chi connectivity index (χ1v) is 7.47. The summed E-state index contributed by atoms with van der Waals surface area (Å²) >= 11 is 4.86. The van der Waals surface area contributed by atoms with Gasteiger partial charge in [0.2, 0.25) is 0 Å². The van der Waals surface area contributed by atoms with Gasteiger partial charge in [0.05, 0.1) is 10.2 Å². The second kappa shape index (κ2) is 5.46. The molecule has 1 N–H and O–H groups in total. The van der Waals surface area contributed by atoms with Crippen LogP contribution in [0.2, 0.25) is 0 Å². The van der Waals surface area contributed by atoms with Crippen LogP contribution in [-0.4, -0.2) is 4.98 Å². The lowest BCUT2D eigenvalue weighted by atomic mass is 10.2. The number of nitrogens with one attached hydrogen (secondary N) is 1. The van der Waals surface area contributed by atoms with Gasteiger partial charge in [-0.25, -0.2) is 13.8 Å². The Morgan fingerprint density at radius 3 is 2.85 bits per heavy atom. The lowest BCUT2D eigenvalue weighted by molar-refractivity contribution is 0.587. The fourth-order valence-electron chi connectivity index (χ4n) is 1.83. The zero-order valence-electron chi connectivity index (χ0n) is 10.2. The highest BCUT2D eigenvalue weighted by Crippen LogP contribution is 2.28. The topological polar surface area (TPSA) is 24.9 Å². The minimum atomic E-state index is -0.448. The molecule has 0 fully saturated rings. The first-order valence-electron chi connectivity index (χ1n) is 5.86. The van der Waals surface area contributed by atoms with E-state index in [9.17, 15) is 8.78 Å². The van der Waals surface area contributed by atoms with E-state index in [1.807, 2.05) is 18.2 Å². The van der Waals surface area contributed by atoms with Gasteiger partial charge in [0.1, 0.15) is 11.6 Å². The first kappa shape index (κ1) is 13.5. The van der Waals surface area contributed by atoms with Crippen molar-refractivity contribution >= 4 is 42.6 Å². The molecule has 0 aliphatic rings. The van der Waals surface area contributed by atoms with Crippen LogP contribution in [0.4, 0.5) is 13.9 Å². The molecule has 0 spiro atoms. The van der Waals surface area contributed by atoms with E-state index >= 15 is 0 Å². The molecule has 0 saturated carbocycles. The molecule has 102 valence electrons. The summed E-state index contributed by atoms with van der Waals surface area (Å²) in [6.45, 7) is 0.199. The van der Waals surface area contributed by atoms with E-state index in [1.165, 1.54) is 17.4 Å². The van der Waals surface area contributed by atoms with E-state index in [1.54, 1.807) is 0 Å². The van der Waals surface area contributed by atoms with Crippen molar-refractivity contribution in [3.8, 4) is 0 Å². The van der Waals surface area contributed by atoms with Crippen molar-refractivity contribution in [2.24, 2.45) is 0 Å². The molecule has 0 saturated heterocycles. The maximum Gasteiger partial charge on any atom is 0.184 e. The highest BCUT2D eigenvalue weighted by molar-refractivity contribution is 9.10. The van der Waals surface area contributed by atoms with E-state index in [2.05, 4.69) is 26.2 Å². The third kappa shape index (κ3) is 2.81. The molecule has 20 heavy (non-hydrogen) atoms. The molecule has 2 nitrogen and oxygen atoms in total. The van der Waals surface area contributed by atoms with Crippen molar-refractivity contribution in [1.29, 1.82) is 0 Å². The summed E-state index contributed by atoms with van der Waals surface area (Å²) in [5.41, 5.74) is 1.15. The lowest BCUT2D eigenvalue weighted by Crippen LogP contribution is -2.01. The third-order valence-corrected chi connectivity index (χ3v) is 4.27. The van der Waals surface area contributed by atoms with Crippen molar-refractivity contribution in [3.63, 3.8) is 0 Å². The van der Waals surface area contributed by atoms with Gasteiger partial charge in [-0.2, -0.15) is 0 Å². The molecule has 2 aromatic carbocycles. The normalized spacial score (nSPS) is 10.9. The Bertz CT molecular complexity index is 773. The quantitative estimate of drug-likeness (QED) is 0.719. The third-order valence-electron chi connectivity index (χ3n) is 2.79. The SMILES string of the molecule is Fc1ccc(F)c(CNc2nc3cc(Br)ccc3s2)c1. The molecule has 0 aliphatic carbocycles. The van der Waals surface area contributed by atoms with Crippen LogP contribution in [0.5, 0.6) is 0 Å². The fourth-order valence-corrected chi connectivity index (χ4v) is 3.02. The summed E-state index contributed by atoms with van der Waals surface area (Å²) in [6, 6.07) is 9.24. The van der Waals surface area contributed by atoms with Gasteiger partial charge in [0.25, 0.3) is 0 Å². The molecule has 0 aliphatic heterocycles. The average molecular weight is 355 g/mol. The van der Waals surface area contributed by atoms with E-state index < -0.39 is 11.6 Å². The van der Waals surface area contributed by atoms with Crippen LogP contribution in [0, 0.1) is 11.6 Å². The second-order valence-electron chi connectivity index (χ2n) is 4.22. The zero-order valence-corrected chi connectivity index (χ0v) is 12.6. The van der Waals surface area contributed by atoms with Crippen molar-refractivity contribution in [3.05, 3.63) is 58.1 Å². The van der Waals surface area contributed by atoms with Crippen LogP contribution in [0.3, 0.4) is 0 Å². The van der Waals surface area contributed by atoms with Gasteiger partial charge in [-0.15, -0.1) is 0 Å². The van der Waals surface area contributed by atoms with Crippen LogP contribution in [0.15, 0.2) is 40.9 Å². The van der Waals surface area contributed by atoms with E-state index in [4.69, 9.17) is 0 Å². The monoisotopic (exact) mass is 354 g/mol. The minimum absolute atomic E-state index is 0.199. The van der Waals surface area contributed by atoms with Crippen LogP contribution < -0.4 is 5.32 Å². The van der Waals surface area contributed by atoms with E-state index in [0.29, 0.717) is 5.13 Å². The largest absolute Gasteiger partial charge is 0.357 e. The van der Waals surface area contributed by atoms with E-state index in [0.717, 1.165) is 26.8 Å². The molecule has 0 unspecified atom stereocenters. The van der Waals surface area contributed by atoms with Gasteiger partial charge in [0.15, 0.2) is 5.13 Å². The van der Waals surface area contributed by atoms with E-state index in [-0.39, 0.29) is 12.1 Å². The summed E-state index contributed by atoms with van der Waals surface area (Å²) in [7, 11) is 0. The van der Waals surface area contributed by atoms with Gasteiger partial charge in [-0.05, 0) is 36.4 Å². The standard InChI is InChI=1S/C14H9BrF2N2S/c15-9-1-4-13-12(6-9)19-14(20-13)18-7-8-5-10(16)2-3-11(8)17/h1-6H,7H2,(H,18,19). The average Bonchev–Trinajstić information content (AvgIpc) is 2.81. The minimum Gasteiger partial charge on any atom is -0.357 e. The Kier molecular flexibility index (Phi) is 3.67. The summed E-state index contributed by atoms with van der Waals surface area (Å²) in [4.78, 5) is 4.40. The number of benzene rings is 2. The molecule has 1 aromatic heterocycles. The summed E-state index contributed by atoms with van der Waals surface area (Å²) in [6.07, 6.45) is 0. The number of thiazole rings is 1. The molecule has 1 heterocycles. The molecular formula is C14H9BrF2N2S. The van der Waals surface area contributed by atoms with Crippen molar-refractivity contribution in [1.82, 2.24) is 4.98 Å². The zero-order chi connectivity index (χ0) is 14.1. The van der Waals surface area contributed by atoms with Crippen molar-refractivity contribution in [2.75, 3.05) is 5.32 Å². The van der Waals surface area contributed by atoms with Gasteiger partial charge in [-0.1, -0.05) is 27.3 Å². The molecule has 0 amide bonds. The molecular weight excluding hydrogens is 346 g/mol. The Morgan fingerprint density at radius 1 is 1.15 bits per heavy atom. The number of aromatic nitrogens is 1. The Balaban J connectivity index is 1.81. The van der Waals surface area contributed by atoms with Gasteiger partial charge >= 0.3 is 0 Å². The molecule has 6 heteroatoms. The lowest BCUT2D eigenvalue weighted by Gasteiger charge is -2.04. The fraction of sp³-hybridized carbons (Fsp3) is 0.0714. The Hall–Kier alpha value is -1.53. The maximum absolute atomic E-state index is 13.5. The van der Waals surface area contributed by atoms with Gasteiger partial charge in [0, 0.05) is 16.6 Å². The summed E-state index contributed by atoms with van der Waals surface area (Å²) in [5.74, 6) is -0.876. The van der Waals surface area contributed by atoms with Crippen molar-refractivity contribution < 1.29 is 8.78 Å². The molecule has 0 atom stereocenters. The predicted molar refractivity (Wildman–Crippen MR) is 81.0 cm³/mol. The number of anilines is 1. The predicted octanol–water partition coefficient (Wildman–Crippen LogP) is 4.95. The van der Waals surface area contributed by atoms with Crippen LogP contribution in [-0.2, 0) is 6.54 Å². The number of halogens is 3. The Morgan fingerprint density at radius 2 is 2.00 bits per heavy atom. The smallest absolute Gasteiger partial charge is 0.184 e. The first-order chi connectivity index (χ1) is 9.61. The number of hydrogen-bond acceptors (Lipinski definition) is 3. The second-order valence-corrected chi connectivity index (χ2v) is 6.17. The summed E-state index contributed by atoms with van der Waals surface area (Å²) < 4.78 is 28.6. The van der Waals surface area contributed by atoms with Crippen molar-refractivity contribution in [2.45, 2.75) is 6.54 Å².